The lowest BCUT2D eigenvalue weighted by molar-refractivity contribution is -0.136. The Morgan fingerprint density at radius 3 is 2.79 bits per heavy atom. The molecule has 0 atom stereocenters. The molecule has 0 aliphatic carbocycles. The smallest absolute Gasteiger partial charge is 0.307 e. The first-order valence-corrected chi connectivity index (χ1v) is 5.28. The van der Waals surface area contributed by atoms with E-state index in [0.29, 0.717) is 5.56 Å². The van der Waals surface area contributed by atoms with Gasteiger partial charge in [-0.3, -0.25) is 4.79 Å². The molecule has 0 bridgehead atoms. The molecule has 1 aromatic rings. The van der Waals surface area contributed by atoms with E-state index in [1.165, 1.54) is 17.8 Å². The van der Waals surface area contributed by atoms with Crippen LogP contribution in [0.2, 0.25) is 0 Å². The zero-order valence-electron chi connectivity index (χ0n) is 7.86. The van der Waals surface area contributed by atoms with Gasteiger partial charge >= 0.3 is 5.97 Å². The van der Waals surface area contributed by atoms with Crippen LogP contribution in [0.15, 0.2) is 23.1 Å². The predicted octanol–water partition coefficient (Wildman–Crippen LogP) is 2.13. The Morgan fingerprint density at radius 2 is 2.21 bits per heavy atom. The van der Waals surface area contributed by atoms with Crippen LogP contribution in [0.5, 0.6) is 5.75 Å². The van der Waals surface area contributed by atoms with Crippen LogP contribution in [0.1, 0.15) is 12.5 Å². The second-order valence-corrected chi connectivity index (χ2v) is 4.11. The Morgan fingerprint density at radius 1 is 1.50 bits per heavy atom. The van der Waals surface area contributed by atoms with Crippen LogP contribution in [0, 0.1) is 0 Å². The molecule has 0 saturated carbocycles. The second kappa shape index (κ2) is 4.91. The van der Waals surface area contributed by atoms with Crippen molar-refractivity contribution in [2.75, 3.05) is 5.75 Å². The molecule has 0 heterocycles. The molecular weight excluding hydrogens is 200 g/mol. The van der Waals surface area contributed by atoms with Gasteiger partial charge in [0.1, 0.15) is 5.75 Å². The first-order valence-electron chi connectivity index (χ1n) is 4.30. The number of carboxylic acid groups (broad SMARTS) is 1. The standard InChI is InChI=1S/C10H12O3S/c1-2-14-9-5-7(6-10(12)13)3-4-8(9)11/h3-5,11H,2,6H2,1H3,(H,12,13). The van der Waals surface area contributed by atoms with Gasteiger partial charge < -0.3 is 10.2 Å². The van der Waals surface area contributed by atoms with E-state index < -0.39 is 5.97 Å². The number of aliphatic carboxylic acids is 1. The van der Waals surface area contributed by atoms with Gasteiger partial charge in [0, 0.05) is 4.90 Å². The molecule has 0 saturated heterocycles. The molecule has 1 aromatic carbocycles. The number of benzene rings is 1. The minimum absolute atomic E-state index is 0.00243. The molecule has 14 heavy (non-hydrogen) atoms. The van der Waals surface area contributed by atoms with Crippen LogP contribution in [0.3, 0.4) is 0 Å². The molecule has 2 N–H and O–H groups in total. The summed E-state index contributed by atoms with van der Waals surface area (Å²) in [6.07, 6.45) is -0.00243. The van der Waals surface area contributed by atoms with Gasteiger partial charge in [-0.05, 0) is 23.4 Å². The van der Waals surface area contributed by atoms with E-state index in [2.05, 4.69) is 0 Å². The van der Waals surface area contributed by atoms with Crippen molar-refractivity contribution in [3.05, 3.63) is 23.8 Å². The average molecular weight is 212 g/mol. The Hall–Kier alpha value is -1.16. The molecule has 0 aliphatic rings. The Kier molecular flexibility index (Phi) is 3.83. The zero-order valence-corrected chi connectivity index (χ0v) is 8.67. The van der Waals surface area contributed by atoms with Gasteiger partial charge in [-0.1, -0.05) is 13.0 Å². The van der Waals surface area contributed by atoms with Crippen molar-refractivity contribution in [3.63, 3.8) is 0 Å². The van der Waals surface area contributed by atoms with E-state index >= 15 is 0 Å². The quantitative estimate of drug-likeness (QED) is 0.751. The summed E-state index contributed by atoms with van der Waals surface area (Å²) in [6, 6.07) is 4.89. The predicted molar refractivity (Wildman–Crippen MR) is 55.8 cm³/mol. The SMILES string of the molecule is CCSc1cc(CC(=O)O)ccc1O. The summed E-state index contributed by atoms with van der Waals surface area (Å²) in [5.74, 6) is 0.207. The van der Waals surface area contributed by atoms with Gasteiger partial charge in [-0.2, -0.15) is 0 Å². The van der Waals surface area contributed by atoms with Crippen LogP contribution in [-0.4, -0.2) is 21.9 Å². The van der Waals surface area contributed by atoms with Crippen molar-refractivity contribution in [1.29, 1.82) is 0 Å². The lowest BCUT2D eigenvalue weighted by Crippen LogP contribution is -1.99. The van der Waals surface area contributed by atoms with E-state index in [9.17, 15) is 9.90 Å². The summed E-state index contributed by atoms with van der Waals surface area (Å²) in [6.45, 7) is 1.98. The maximum atomic E-state index is 10.5. The topological polar surface area (TPSA) is 57.5 Å². The molecule has 76 valence electrons. The second-order valence-electron chi connectivity index (χ2n) is 2.81. The molecule has 0 aromatic heterocycles. The van der Waals surface area contributed by atoms with Gasteiger partial charge in [0.2, 0.25) is 0 Å². The first kappa shape index (κ1) is 10.9. The lowest BCUT2D eigenvalue weighted by atomic mass is 10.1. The van der Waals surface area contributed by atoms with Crippen LogP contribution in [-0.2, 0) is 11.2 Å². The fourth-order valence-corrected chi connectivity index (χ4v) is 1.88. The van der Waals surface area contributed by atoms with Gasteiger partial charge in [0.25, 0.3) is 0 Å². The highest BCUT2D eigenvalue weighted by Crippen LogP contribution is 2.29. The normalized spacial score (nSPS) is 10.1. The van der Waals surface area contributed by atoms with E-state index in [4.69, 9.17) is 5.11 Å². The number of hydrogen-bond donors (Lipinski definition) is 2. The highest BCUT2D eigenvalue weighted by Gasteiger charge is 2.05. The molecule has 0 aliphatic heterocycles. The number of phenols is 1. The summed E-state index contributed by atoms with van der Waals surface area (Å²) < 4.78 is 0. The van der Waals surface area contributed by atoms with Crippen molar-refractivity contribution in [3.8, 4) is 5.75 Å². The van der Waals surface area contributed by atoms with Crippen molar-refractivity contribution in [2.45, 2.75) is 18.2 Å². The van der Waals surface area contributed by atoms with Crippen molar-refractivity contribution < 1.29 is 15.0 Å². The maximum Gasteiger partial charge on any atom is 0.307 e. The summed E-state index contributed by atoms with van der Waals surface area (Å²) >= 11 is 1.50. The van der Waals surface area contributed by atoms with Crippen LogP contribution >= 0.6 is 11.8 Å². The van der Waals surface area contributed by atoms with Crippen LogP contribution < -0.4 is 0 Å². The first-order chi connectivity index (χ1) is 6.63. The third kappa shape index (κ3) is 2.96. The van der Waals surface area contributed by atoms with Crippen LogP contribution in [0.4, 0.5) is 0 Å². The number of aromatic hydroxyl groups is 1. The third-order valence-corrected chi connectivity index (χ3v) is 2.61. The molecule has 0 unspecified atom stereocenters. The molecule has 1 rings (SSSR count). The summed E-state index contributed by atoms with van der Waals surface area (Å²) in [7, 11) is 0. The van der Waals surface area contributed by atoms with E-state index in [1.54, 1.807) is 12.1 Å². The monoisotopic (exact) mass is 212 g/mol. The summed E-state index contributed by atoms with van der Waals surface area (Å²) in [4.78, 5) is 11.2. The molecule has 0 fully saturated rings. The Labute approximate surface area is 86.8 Å². The van der Waals surface area contributed by atoms with Crippen molar-refractivity contribution in [2.24, 2.45) is 0 Å². The minimum atomic E-state index is -0.858. The third-order valence-electron chi connectivity index (χ3n) is 1.68. The fraction of sp³-hybridized carbons (Fsp3) is 0.300. The highest BCUT2D eigenvalue weighted by atomic mass is 32.2. The lowest BCUT2D eigenvalue weighted by Gasteiger charge is -2.04. The van der Waals surface area contributed by atoms with Gasteiger partial charge in [0.15, 0.2) is 0 Å². The number of thioether (sulfide) groups is 1. The van der Waals surface area contributed by atoms with Gasteiger partial charge in [-0.15, -0.1) is 11.8 Å². The van der Waals surface area contributed by atoms with Gasteiger partial charge in [0.05, 0.1) is 6.42 Å². The molecule has 0 radical (unpaired) electrons. The van der Waals surface area contributed by atoms with Crippen molar-refractivity contribution in [1.82, 2.24) is 0 Å². The number of carboxylic acids is 1. The number of carbonyl (C=O) groups is 1. The molecule has 0 spiro atoms. The summed E-state index contributed by atoms with van der Waals surface area (Å²) in [5, 5.41) is 18.0. The zero-order chi connectivity index (χ0) is 10.6. The molecule has 3 nitrogen and oxygen atoms in total. The Bertz CT molecular complexity index is 336. The summed E-state index contributed by atoms with van der Waals surface area (Å²) in [5.41, 5.74) is 0.714. The fourth-order valence-electron chi connectivity index (χ4n) is 1.11. The maximum absolute atomic E-state index is 10.5. The molecule has 4 heteroatoms. The molecule has 0 amide bonds. The van der Waals surface area contributed by atoms with Crippen LogP contribution in [0.25, 0.3) is 0 Å². The van der Waals surface area contributed by atoms with E-state index in [1.807, 2.05) is 6.92 Å². The molecular formula is C10H12O3S. The minimum Gasteiger partial charge on any atom is -0.507 e. The van der Waals surface area contributed by atoms with E-state index in [-0.39, 0.29) is 12.2 Å². The highest BCUT2D eigenvalue weighted by molar-refractivity contribution is 7.99. The number of rotatable bonds is 4. The Balaban J connectivity index is 2.88. The number of phenolic OH excluding ortho intramolecular Hbond substituents is 1. The average Bonchev–Trinajstić information content (AvgIpc) is 2.10. The number of hydrogen-bond acceptors (Lipinski definition) is 3. The van der Waals surface area contributed by atoms with Crippen molar-refractivity contribution >= 4 is 17.7 Å². The van der Waals surface area contributed by atoms with Gasteiger partial charge in [-0.25, -0.2) is 0 Å². The van der Waals surface area contributed by atoms with E-state index in [0.717, 1.165) is 10.6 Å². The largest absolute Gasteiger partial charge is 0.507 e.